The predicted octanol–water partition coefficient (Wildman–Crippen LogP) is 3.35. The summed E-state index contributed by atoms with van der Waals surface area (Å²) in [5.74, 6) is 1.15. The van der Waals surface area contributed by atoms with Gasteiger partial charge < -0.3 is 15.4 Å². The number of carbonyl (C=O) groups is 2. The fourth-order valence-corrected chi connectivity index (χ4v) is 4.31. The van der Waals surface area contributed by atoms with Crippen LogP contribution in [-0.4, -0.2) is 28.7 Å². The van der Waals surface area contributed by atoms with Gasteiger partial charge in [-0.1, -0.05) is 24.3 Å². The summed E-state index contributed by atoms with van der Waals surface area (Å²) in [4.78, 5) is 25.1. The number of ether oxygens (including phenoxy) is 1. The fraction of sp³-hybridized carbons (Fsp3) is 0.227. The highest BCUT2D eigenvalue weighted by Gasteiger charge is 2.25. The Kier molecular flexibility index (Phi) is 6.22. The largest absolute Gasteiger partial charge is 0.497 e. The van der Waals surface area contributed by atoms with Gasteiger partial charge in [0.1, 0.15) is 23.9 Å². The molecule has 2 heterocycles. The van der Waals surface area contributed by atoms with Crippen LogP contribution in [0.1, 0.15) is 27.2 Å². The Morgan fingerprint density at radius 2 is 1.94 bits per heavy atom. The van der Waals surface area contributed by atoms with Gasteiger partial charge in [-0.15, -0.1) is 0 Å². The molecule has 0 saturated heterocycles. The van der Waals surface area contributed by atoms with Crippen LogP contribution in [0.5, 0.6) is 5.75 Å². The molecule has 2 amide bonds. The molecule has 0 atom stereocenters. The van der Waals surface area contributed by atoms with Gasteiger partial charge in [-0.2, -0.15) is 16.9 Å². The summed E-state index contributed by atoms with van der Waals surface area (Å²) in [7, 11) is 1.60. The van der Waals surface area contributed by atoms with Crippen LogP contribution < -0.4 is 15.4 Å². The Morgan fingerprint density at radius 3 is 2.68 bits per heavy atom. The molecule has 2 aromatic carbocycles. The number of aromatic nitrogens is 2. The van der Waals surface area contributed by atoms with E-state index in [1.165, 1.54) is 22.9 Å². The van der Waals surface area contributed by atoms with Gasteiger partial charge in [0.05, 0.1) is 18.4 Å². The van der Waals surface area contributed by atoms with Crippen LogP contribution >= 0.6 is 11.8 Å². The molecular formula is C22H21FN4O3S. The summed E-state index contributed by atoms with van der Waals surface area (Å²) in [6.07, 6.45) is 0. The van der Waals surface area contributed by atoms with Gasteiger partial charge in [-0.05, 0) is 29.8 Å². The number of benzene rings is 2. The van der Waals surface area contributed by atoms with Crippen molar-refractivity contribution >= 4 is 29.4 Å². The van der Waals surface area contributed by atoms with Crippen molar-refractivity contribution < 1.29 is 18.7 Å². The van der Waals surface area contributed by atoms with E-state index >= 15 is 0 Å². The second kappa shape index (κ2) is 9.22. The molecule has 4 rings (SSSR count). The van der Waals surface area contributed by atoms with Crippen LogP contribution in [0.3, 0.4) is 0 Å². The van der Waals surface area contributed by atoms with Crippen LogP contribution in [0, 0.1) is 5.82 Å². The normalized spacial score (nSPS) is 12.3. The molecule has 31 heavy (non-hydrogen) atoms. The molecule has 160 valence electrons. The summed E-state index contributed by atoms with van der Waals surface area (Å²) in [6, 6.07) is 13.2. The van der Waals surface area contributed by atoms with Crippen molar-refractivity contribution in [1.82, 2.24) is 15.1 Å². The van der Waals surface area contributed by atoms with E-state index in [0.717, 1.165) is 22.6 Å². The van der Waals surface area contributed by atoms with E-state index in [-0.39, 0.29) is 18.0 Å². The van der Waals surface area contributed by atoms with Crippen molar-refractivity contribution in [3.63, 3.8) is 0 Å². The van der Waals surface area contributed by atoms with Gasteiger partial charge >= 0.3 is 0 Å². The molecule has 0 spiro atoms. The van der Waals surface area contributed by atoms with Crippen molar-refractivity contribution in [2.24, 2.45) is 0 Å². The number of nitrogens with zero attached hydrogens (tertiary/aromatic N) is 2. The van der Waals surface area contributed by atoms with Crippen LogP contribution in [0.4, 0.5) is 10.2 Å². The maximum absolute atomic E-state index is 14.0. The number of hydrogen-bond donors (Lipinski definition) is 2. The van der Waals surface area contributed by atoms with Gasteiger partial charge in [0.2, 0.25) is 5.91 Å². The van der Waals surface area contributed by atoms with E-state index in [2.05, 4.69) is 15.7 Å². The molecule has 2 N–H and O–H groups in total. The molecule has 1 aliphatic heterocycles. The van der Waals surface area contributed by atoms with Crippen LogP contribution in [-0.2, 0) is 29.4 Å². The first-order valence-corrected chi connectivity index (χ1v) is 10.8. The molecule has 0 saturated carbocycles. The third-order valence-corrected chi connectivity index (χ3v) is 5.88. The van der Waals surface area contributed by atoms with Gasteiger partial charge in [0.25, 0.3) is 5.91 Å². The van der Waals surface area contributed by atoms with Crippen molar-refractivity contribution in [1.29, 1.82) is 0 Å². The molecule has 9 heteroatoms. The van der Waals surface area contributed by atoms with Crippen LogP contribution in [0.2, 0.25) is 0 Å². The Labute approximate surface area is 183 Å². The summed E-state index contributed by atoms with van der Waals surface area (Å²) in [6.45, 7) is 0.303. The second-order valence-electron chi connectivity index (χ2n) is 6.98. The molecule has 0 bridgehead atoms. The van der Waals surface area contributed by atoms with Crippen molar-refractivity contribution in [3.05, 3.63) is 76.7 Å². The maximum atomic E-state index is 14.0. The van der Waals surface area contributed by atoms with Crippen LogP contribution in [0.25, 0.3) is 0 Å². The molecular weight excluding hydrogens is 419 g/mol. The first-order chi connectivity index (χ1) is 15.0. The van der Waals surface area contributed by atoms with Gasteiger partial charge in [-0.3, -0.25) is 9.59 Å². The zero-order chi connectivity index (χ0) is 21.8. The molecule has 1 aliphatic rings. The zero-order valence-electron chi connectivity index (χ0n) is 16.9. The smallest absolute Gasteiger partial charge is 0.259 e. The van der Waals surface area contributed by atoms with E-state index < -0.39 is 11.7 Å². The SMILES string of the molecule is COc1ccc(CNC(=O)Cn2nc3c(c2NC(=O)c2ccccc2F)CSC3)cc1. The number of amides is 2. The standard InChI is InChI=1S/C22H21FN4O3S/c1-30-15-8-6-14(7-9-15)10-24-20(28)11-27-21(17-12-31-13-19(17)26-27)25-22(29)16-4-2-3-5-18(16)23/h2-9H,10-13H2,1H3,(H,24,28)(H,25,29). The van der Waals surface area contributed by atoms with Crippen molar-refractivity contribution in [2.45, 2.75) is 24.6 Å². The molecule has 0 aliphatic carbocycles. The molecule has 7 nitrogen and oxygen atoms in total. The number of rotatable bonds is 7. The zero-order valence-corrected chi connectivity index (χ0v) is 17.7. The molecule has 0 unspecified atom stereocenters. The summed E-state index contributed by atoms with van der Waals surface area (Å²) in [5, 5.41) is 10.1. The predicted molar refractivity (Wildman–Crippen MR) is 116 cm³/mol. The minimum Gasteiger partial charge on any atom is -0.497 e. The van der Waals surface area contributed by atoms with Crippen LogP contribution in [0.15, 0.2) is 48.5 Å². The van der Waals surface area contributed by atoms with Gasteiger partial charge in [0.15, 0.2) is 0 Å². The number of anilines is 1. The fourth-order valence-electron chi connectivity index (χ4n) is 3.28. The van der Waals surface area contributed by atoms with Gasteiger partial charge in [-0.25, -0.2) is 9.07 Å². The third kappa shape index (κ3) is 4.72. The third-order valence-electron chi connectivity index (χ3n) is 4.91. The quantitative estimate of drug-likeness (QED) is 0.589. The molecule has 1 aromatic heterocycles. The topological polar surface area (TPSA) is 85.2 Å². The Morgan fingerprint density at radius 1 is 1.16 bits per heavy atom. The van der Waals surface area contributed by atoms with E-state index in [4.69, 9.17) is 4.74 Å². The number of methoxy groups -OCH3 is 1. The lowest BCUT2D eigenvalue weighted by molar-refractivity contribution is -0.122. The number of carbonyl (C=O) groups excluding carboxylic acids is 2. The van der Waals surface area contributed by atoms with E-state index in [1.54, 1.807) is 24.9 Å². The number of nitrogens with one attached hydrogen (secondary N) is 2. The second-order valence-corrected chi connectivity index (χ2v) is 7.97. The lowest BCUT2D eigenvalue weighted by Crippen LogP contribution is -2.29. The Bertz CT molecular complexity index is 1110. The summed E-state index contributed by atoms with van der Waals surface area (Å²) >= 11 is 1.68. The Balaban J connectivity index is 1.46. The minimum atomic E-state index is -0.602. The first-order valence-electron chi connectivity index (χ1n) is 9.67. The lowest BCUT2D eigenvalue weighted by atomic mass is 10.2. The number of hydrogen-bond acceptors (Lipinski definition) is 5. The monoisotopic (exact) mass is 440 g/mol. The summed E-state index contributed by atoms with van der Waals surface area (Å²) in [5.41, 5.74) is 2.58. The average molecular weight is 441 g/mol. The minimum absolute atomic E-state index is 0.0549. The molecule has 0 radical (unpaired) electrons. The van der Waals surface area contributed by atoms with Crippen molar-refractivity contribution in [2.75, 3.05) is 12.4 Å². The van der Waals surface area contributed by atoms with Gasteiger partial charge in [0, 0.05) is 23.6 Å². The highest BCUT2D eigenvalue weighted by molar-refractivity contribution is 7.98. The number of thioether (sulfide) groups is 1. The Hall–Kier alpha value is -3.33. The number of halogens is 1. The molecule has 3 aromatic rings. The van der Waals surface area contributed by atoms with E-state index in [0.29, 0.717) is 23.9 Å². The highest BCUT2D eigenvalue weighted by atomic mass is 32.2. The molecule has 0 fully saturated rings. The lowest BCUT2D eigenvalue weighted by Gasteiger charge is -2.12. The van der Waals surface area contributed by atoms with E-state index in [1.807, 2.05) is 24.3 Å². The average Bonchev–Trinajstić information content (AvgIpc) is 3.35. The highest BCUT2D eigenvalue weighted by Crippen LogP contribution is 2.35. The summed E-state index contributed by atoms with van der Waals surface area (Å²) < 4.78 is 20.6. The van der Waals surface area contributed by atoms with E-state index in [9.17, 15) is 14.0 Å². The van der Waals surface area contributed by atoms with Crippen molar-refractivity contribution in [3.8, 4) is 5.75 Å². The first kappa shape index (κ1) is 20.9. The number of fused-ring (bicyclic) bond motifs is 1. The maximum Gasteiger partial charge on any atom is 0.259 e.